The Morgan fingerprint density at radius 3 is 2.41 bits per heavy atom. The van der Waals surface area contributed by atoms with E-state index in [9.17, 15) is 18.0 Å². The van der Waals surface area contributed by atoms with E-state index in [-0.39, 0.29) is 41.2 Å². The lowest BCUT2D eigenvalue weighted by Crippen LogP contribution is -2.42. The number of hydrogen-bond donors (Lipinski definition) is 1. The number of nitrogens with one attached hydrogen (secondary N) is 1. The van der Waals surface area contributed by atoms with E-state index >= 15 is 0 Å². The first kappa shape index (κ1) is 18.5. The molecule has 0 spiro atoms. The SMILES string of the molecule is Cc1cc(NC(=O)C2CCN(C(=O)C3CC3)CC2)n(C2CCS(=O)(=O)C2)n1. The molecule has 2 saturated heterocycles. The topological polar surface area (TPSA) is 101 Å². The molecule has 148 valence electrons. The van der Waals surface area contributed by atoms with Crippen molar-refractivity contribution in [3.05, 3.63) is 11.8 Å². The molecule has 4 rings (SSSR count). The number of amides is 2. The second kappa shape index (κ2) is 6.92. The van der Waals surface area contributed by atoms with Crippen LogP contribution in [0.2, 0.25) is 0 Å². The van der Waals surface area contributed by atoms with Gasteiger partial charge in [0.25, 0.3) is 0 Å². The van der Waals surface area contributed by atoms with Crippen molar-refractivity contribution in [1.29, 1.82) is 0 Å². The Kier molecular flexibility index (Phi) is 4.73. The number of aryl methyl sites for hydroxylation is 1. The lowest BCUT2D eigenvalue weighted by molar-refractivity contribution is -0.135. The number of aromatic nitrogens is 2. The number of piperidine rings is 1. The molecule has 3 fully saturated rings. The Morgan fingerprint density at radius 2 is 1.81 bits per heavy atom. The van der Waals surface area contributed by atoms with E-state index < -0.39 is 9.84 Å². The highest BCUT2D eigenvalue weighted by Crippen LogP contribution is 2.33. The molecule has 1 aliphatic carbocycles. The number of carbonyl (C=O) groups is 2. The molecule has 0 radical (unpaired) electrons. The van der Waals surface area contributed by atoms with Crippen LogP contribution in [0.5, 0.6) is 0 Å². The molecule has 1 saturated carbocycles. The lowest BCUT2D eigenvalue weighted by atomic mass is 9.95. The molecule has 9 heteroatoms. The predicted octanol–water partition coefficient (Wildman–Crippen LogP) is 1.14. The van der Waals surface area contributed by atoms with E-state index in [1.807, 2.05) is 11.8 Å². The molecule has 1 aromatic rings. The molecule has 1 unspecified atom stereocenters. The number of hydrogen-bond acceptors (Lipinski definition) is 5. The van der Waals surface area contributed by atoms with E-state index in [1.54, 1.807) is 10.7 Å². The maximum atomic E-state index is 12.7. The van der Waals surface area contributed by atoms with Gasteiger partial charge < -0.3 is 10.2 Å². The van der Waals surface area contributed by atoms with Gasteiger partial charge in [-0.1, -0.05) is 0 Å². The molecule has 1 aromatic heterocycles. The van der Waals surface area contributed by atoms with Crippen molar-refractivity contribution < 1.29 is 18.0 Å². The minimum absolute atomic E-state index is 0.0681. The Morgan fingerprint density at radius 1 is 1.11 bits per heavy atom. The molecule has 27 heavy (non-hydrogen) atoms. The largest absolute Gasteiger partial charge is 0.342 e. The summed E-state index contributed by atoms with van der Waals surface area (Å²) in [5.41, 5.74) is 0.749. The van der Waals surface area contributed by atoms with Crippen LogP contribution in [-0.2, 0) is 19.4 Å². The van der Waals surface area contributed by atoms with Crippen molar-refractivity contribution in [2.75, 3.05) is 29.9 Å². The number of likely N-dealkylation sites (tertiary alicyclic amines) is 1. The van der Waals surface area contributed by atoms with Crippen molar-refractivity contribution >= 4 is 27.5 Å². The minimum atomic E-state index is -3.03. The molecule has 3 aliphatic rings. The summed E-state index contributed by atoms with van der Waals surface area (Å²) < 4.78 is 25.2. The maximum Gasteiger partial charge on any atom is 0.228 e. The minimum Gasteiger partial charge on any atom is -0.342 e. The van der Waals surface area contributed by atoms with Gasteiger partial charge in [-0.25, -0.2) is 13.1 Å². The number of sulfone groups is 1. The first-order valence-corrected chi connectivity index (χ1v) is 11.5. The lowest BCUT2D eigenvalue weighted by Gasteiger charge is -2.31. The van der Waals surface area contributed by atoms with Crippen LogP contribution >= 0.6 is 0 Å². The normalized spacial score (nSPS) is 25.5. The van der Waals surface area contributed by atoms with Crippen LogP contribution in [0.1, 0.15) is 43.8 Å². The molecule has 0 bridgehead atoms. The highest BCUT2D eigenvalue weighted by Gasteiger charge is 2.36. The maximum absolute atomic E-state index is 12.7. The van der Waals surface area contributed by atoms with Crippen molar-refractivity contribution in [3.63, 3.8) is 0 Å². The summed E-state index contributed by atoms with van der Waals surface area (Å²) >= 11 is 0. The number of nitrogens with zero attached hydrogens (tertiary/aromatic N) is 3. The second-order valence-corrected chi connectivity index (χ2v) is 10.3. The van der Waals surface area contributed by atoms with Gasteiger partial charge in [-0.05, 0) is 39.0 Å². The fourth-order valence-electron chi connectivity index (χ4n) is 4.04. The molecule has 2 amide bonds. The summed E-state index contributed by atoms with van der Waals surface area (Å²) in [6, 6.07) is 1.56. The smallest absolute Gasteiger partial charge is 0.228 e. The van der Waals surface area contributed by atoms with Crippen molar-refractivity contribution in [3.8, 4) is 0 Å². The van der Waals surface area contributed by atoms with E-state index in [2.05, 4.69) is 10.4 Å². The monoisotopic (exact) mass is 394 g/mol. The Bertz CT molecular complexity index is 851. The van der Waals surface area contributed by atoms with Crippen LogP contribution in [0.15, 0.2) is 6.07 Å². The third-order valence-electron chi connectivity index (χ3n) is 5.77. The van der Waals surface area contributed by atoms with Gasteiger partial charge in [0.1, 0.15) is 5.82 Å². The molecule has 2 aliphatic heterocycles. The Hall–Kier alpha value is -1.90. The summed E-state index contributed by atoms with van der Waals surface area (Å²) in [6.07, 6.45) is 3.84. The van der Waals surface area contributed by atoms with Crippen molar-refractivity contribution in [2.24, 2.45) is 11.8 Å². The van der Waals surface area contributed by atoms with Gasteiger partial charge in [-0.2, -0.15) is 5.10 Å². The molecule has 1 N–H and O–H groups in total. The zero-order chi connectivity index (χ0) is 19.2. The zero-order valence-corrected chi connectivity index (χ0v) is 16.4. The highest BCUT2D eigenvalue weighted by atomic mass is 32.2. The molecule has 0 aromatic carbocycles. The fraction of sp³-hybridized carbons (Fsp3) is 0.722. The van der Waals surface area contributed by atoms with Crippen LogP contribution in [0.25, 0.3) is 0 Å². The standard InChI is InChI=1S/C18H26N4O4S/c1-12-10-16(22(20-12)15-6-9-27(25,26)11-15)19-17(23)13-4-7-21(8-5-13)18(24)14-2-3-14/h10,13-15H,2-9,11H2,1H3,(H,19,23). The van der Waals surface area contributed by atoms with Crippen molar-refractivity contribution in [2.45, 2.75) is 45.1 Å². The van der Waals surface area contributed by atoms with Crippen LogP contribution < -0.4 is 5.32 Å². The van der Waals surface area contributed by atoms with E-state index in [4.69, 9.17) is 0 Å². The third kappa shape index (κ3) is 4.02. The van der Waals surface area contributed by atoms with E-state index in [1.165, 1.54) is 0 Å². The first-order chi connectivity index (χ1) is 12.8. The van der Waals surface area contributed by atoms with Gasteiger partial charge in [0.05, 0.1) is 23.2 Å². The Balaban J connectivity index is 1.38. The predicted molar refractivity (Wildman–Crippen MR) is 99.9 cm³/mol. The average molecular weight is 394 g/mol. The van der Waals surface area contributed by atoms with Gasteiger partial charge in [-0.3, -0.25) is 9.59 Å². The van der Waals surface area contributed by atoms with Gasteiger partial charge in [0.15, 0.2) is 9.84 Å². The molecular formula is C18H26N4O4S. The number of rotatable bonds is 4. The number of anilines is 1. The van der Waals surface area contributed by atoms with E-state index in [0.717, 1.165) is 18.5 Å². The van der Waals surface area contributed by atoms with E-state index in [0.29, 0.717) is 38.2 Å². The summed E-state index contributed by atoms with van der Waals surface area (Å²) in [5, 5.41) is 7.35. The zero-order valence-electron chi connectivity index (χ0n) is 15.6. The Labute approximate surface area is 159 Å². The van der Waals surface area contributed by atoms with Gasteiger partial charge in [-0.15, -0.1) is 0 Å². The molecule has 1 atom stereocenters. The quantitative estimate of drug-likeness (QED) is 0.825. The van der Waals surface area contributed by atoms with Crippen LogP contribution in [0.3, 0.4) is 0 Å². The number of carbonyl (C=O) groups excluding carboxylic acids is 2. The van der Waals surface area contributed by atoms with Gasteiger partial charge >= 0.3 is 0 Å². The van der Waals surface area contributed by atoms with Crippen molar-refractivity contribution in [1.82, 2.24) is 14.7 Å². The van der Waals surface area contributed by atoms with Gasteiger partial charge in [0.2, 0.25) is 11.8 Å². The van der Waals surface area contributed by atoms with Gasteiger partial charge in [0, 0.05) is 31.0 Å². The fourth-order valence-corrected chi connectivity index (χ4v) is 5.73. The molecular weight excluding hydrogens is 368 g/mol. The average Bonchev–Trinajstić information content (AvgIpc) is 3.33. The third-order valence-corrected chi connectivity index (χ3v) is 7.52. The summed E-state index contributed by atoms with van der Waals surface area (Å²) in [7, 11) is -3.03. The summed E-state index contributed by atoms with van der Waals surface area (Å²) in [4.78, 5) is 26.7. The molecule has 8 nitrogen and oxygen atoms in total. The summed E-state index contributed by atoms with van der Waals surface area (Å²) in [5.74, 6) is 1.05. The molecule has 3 heterocycles. The first-order valence-electron chi connectivity index (χ1n) is 9.68. The summed E-state index contributed by atoms with van der Waals surface area (Å²) in [6.45, 7) is 3.09. The highest BCUT2D eigenvalue weighted by molar-refractivity contribution is 7.91. The van der Waals surface area contributed by atoms with Crippen LogP contribution in [-0.4, -0.2) is 59.5 Å². The van der Waals surface area contributed by atoms with Crippen LogP contribution in [0.4, 0.5) is 5.82 Å². The van der Waals surface area contributed by atoms with Crippen LogP contribution in [0, 0.1) is 18.8 Å². The second-order valence-electron chi connectivity index (χ2n) is 8.04.